The van der Waals surface area contributed by atoms with Gasteiger partial charge in [-0.3, -0.25) is 4.79 Å². The van der Waals surface area contributed by atoms with Crippen molar-refractivity contribution in [1.29, 1.82) is 0 Å². The number of carbonyl (C=O) groups is 1. The first-order chi connectivity index (χ1) is 10.0. The SMILES string of the molecule is Cc1ccc(NC(=O)c2cc3cc(C)ccc3[nH]2)c(Br)c1. The highest BCUT2D eigenvalue weighted by Crippen LogP contribution is 2.24. The van der Waals surface area contributed by atoms with E-state index in [-0.39, 0.29) is 5.91 Å². The average molecular weight is 343 g/mol. The first-order valence-corrected chi connectivity index (χ1v) is 7.49. The number of H-pyrrole nitrogens is 1. The van der Waals surface area contributed by atoms with Crippen molar-refractivity contribution in [3.8, 4) is 0 Å². The maximum atomic E-state index is 12.3. The third-order valence-electron chi connectivity index (χ3n) is 3.39. The number of nitrogens with one attached hydrogen (secondary N) is 2. The van der Waals surface area contributed by atoms with E-state index in [1.165, 1.54) is 5.56 Å². The molecule has 1 heterocycles. The van der Waals surface area contributed by atoms with Gasteiger partial charge in [0.15, 0.2) is 0 Å². The van der Waals surface area contributed by atoms with E-state index in [1.54, 1.807) is 0 Å². The van der Waals surface area contributed by atoms with Gasteiger partial charge < -0.3 is 10.3 Å². The van der Waals surface area contributed by atoms with Gasteiger partial charge in [-0.05, 0) is 65.7 Å². The fourth-order valence-corrected chi connectivity index (χ4v) is 2.88. The van der Waals surface area contributed by atoms with Gasteiger partial charge in [0.25, 0.3) is 5.91 Å². The molecule has 21 heavy (non-hydrogen) atoms. The van der Waals surface area contributed by atoms with Crippen LogP contribution in [-0.4, -0.2) is 10.9 Å². The van der Waals surface area contributed by atoms with Gasteiger partial charge in [-0.25, -0.2) is 0 Å². The van der Waals surface area contributed by atoms with Gasteiger partial charge in [0.1, 0.15) is 5.69 Å². The van der Waals surface area contributed by atoms with Gasteiger partial charge in [0.2, 0.25) is 0 Å². The van der Waals surface area contributed by atoms with E-state index in [9.17, 15) is 4.79 Å². The molecule has 0 unspecified atom stereocenters. The molecule has 0 aliphatic carbocycles. The highest BCUT2D eigenvalue weighted by Gasteiger charge is 2.11. The van der Waals surface area contributed by atoms with Crippen LogP contribution in [0.5, 0.6) is 0 Å². The smallest absolute Gasteiger partial charge is 0.272 e. The lowest BCUT2D eigenvalue weighted by molar-refractivity contribution is 0.102. The molecule has 4 heteroatoms. The minimum absolute atomic E-state index is 0.145. The predicted molar refractivity (Wildman–Crippen MR) is 89.9 cm³/mol. The summed E-state index contributed by atoms with van der Waals surface area (Å²) in [4.78, 5) is 15.5. The molecule has 1 aromatic heterocycles. The highest BCUT2D eigenvalue weighted by molar-refractivity contribution is 9.10. The van der Waals surface area contributed by atoms with Gasteiger partial charge in [-0.2, -0.15) is 0 Å². The van der Waals surface area contributed by atoms with E-state index >= 15 is 0 Å². The quantitative estimate of drug-likeness (QED) is 0.690. The number of anilines is 1. The molecule has 3 aromatic rings. The molecule has 0 bridgehead atoms. The van der Waals surface area contributed by atoms with Crippen LogP contribution in [-0.2, 0) is 0 Å². The van der Waals surface area contributed by atoms with Crippen LogP contribution in [0.15, 0.2) is 46.9 Å². The summed E-state index contributed by atoms with van der Waals surface area (Å²) in [6, 6.07) is 13.8. The van der Waals surface area contributed by atoms with Crippen molar-refractivity contribution in [3.63, 3.8) is 0 Å². The number of aryl methyl sites for hydroxylation is 2. The standard InChI is InChI=1S/C17H15BrN2O/c1-10-3-5-14-12(7-10)9-16(19-14)17(21)20-15-6-4-11(2)8-13(15)18/h3-9,19H,1-2H3,(H,20,21). The van der Waals surface area contributed by atoms with Crippen LogP contribution in [0.2, 0.25) is 0 Å². The van der Waals surface area contributed by atoms with E-state index < -0.39 is 0 Å². The van der Waals surface area contributed by atoms with E-state index in [2.05, 4.69) is 32.3 Å². The predicted octanol–water partition coefficient (Wildman–Crippen LogP) is 4.80. The van der Waals surface area contributed by atoms with Crippen molar-refractivity contribution >= 4 is 38.4 Å². The first-order valence-electron chi connectivity index (χ1n) is 6.70. The fraction of sp³-hybridized carbons (Fsp3) is 0.118. The van der Waals surface area contributed by atoms with Crippen LogP contribution in [0.4, 0.5) is 5.69 Å². The number of amides is 1. The molecular weight excluding hydrogens is 328 g/mol. The van der Waals surface area contributed by atoms with Crippen molar-refractivity contribution < 1.29 is 4.79 Å². The van der Waals surface area contributed by atoms with Gasteiger partial charge >= 0.3 is 0 Å². The summed E-state index contributed by atoms with van der Waals surface area (Å²) in [6.45, 7) is 4.05. The third kappa shape index (κ3) is 2.85. The Labute approximate surface area is 131 Å². The molecule has 2 aromatic carbocycles. The minimum atomic E-state index is -0.145. The van der Waals surface area contributed by atoms with Crippen LogP contribution in [0, 0.1) is 13.8 Å². The topological polar surface area (TPSA) is 44.9 Å². The summed E-state index contributed by atoms with van der Waals surface area (Å²) in [5, 5.41) is 3.96. The second-order valence-corrected chi connectivity index (χ2v) is 6.07. The zero-order chi connectivity index (χ0) is 15.0. The molecule has 1 amide bonds. The summed E-state index contributed by atoms with van der Waals surface area (Å²) < 4.78 is 0.878. The minimum Gasteiger partial charge on any atom is -0.351 e. The van der Waals surface area contributed by atoms with E-state index in [4.69, 9.17) is 0 Å². The van der Waals surface area contributed by atoms with Crippen LogP contribution in [0.25, 0.3) is 10.9 Å². The highest BCUT2D eigenvalue weighted by atomic mass is 79.9. The molecule has 0 spiro atoms. The van der Waals surface area contributed by atoms with Gasteiger partial charge in [0.05, 0.1) is 5.69 Å². The van der Waals surface area contributed by atoms with Crippen LogP contribution < -0.4 is 5.32 Å². The number of aromatic nitrogens is 1. The van der Waals surface area contributed by atoms with Crippen LogP contribution in [0.1, 0.15) is 21.6 Å². The molecular formula is C17H15BrN2O. The van der Waals surface area contributed by atoms with Crippen molar-refractivity contribution in [1.82, 2.24) is 4.98 Å². The summed E-state index contributed by atoms with van der Waals surface area (Å²) in [7, 11) is 0. The third-order valence-corrected chi connectivity index (χ3v) is 4.05. The Kier molecular flexibility index (Phi) is 3.55. The molecule has 0 radical (unpaired) electrons. The number of fused-ring (bicyclic) bond motifs is 1. The molecule has 0 saturated carbocycles. The maximum absolute atomic E-state index is 12.3. The van der Waals surface area contributed by atoms with Crippen LogP contribution in [0.3, 0.4) is 0 Å². The zero-order valence-electron chi connectivity index (χ0n) is 11.8. The summed E-state index contributed by atoms with van der Waals surface area (Å²) in [5.41, 5.74) is 4.60. The Balaban J connectivity index is 1.89. The molecule has 0 fully saturated rings. The zero-order valence-corrected chi connectivity index (χ0v) is 13.4. The van der Waals surface area contributed by atoms with Crippen molar-refractivity contribution in [2.75, 3.05) is 5.32 Å². The van der Waals surface area contributed by atoms with E-state index in [1.807, 2.05) is 50.2 Å². The normalized spacial score (nSPS) is 10.8. The van der Waals surface area contributed by atoms with Gasteiger partial charge in [0, 0.05) is 15.4 Å². The molecule has 106 valence electrons. The summed E-state index contributed by atoms with van der Waals surface area (Å²) >= 11 is 3.47. The molecule has 0 aliphatic rings. The molecule has 0 atom stereocenters. The van der Waals surface area contributed by atoms with E-state index in [0.717, 1.165) is 26.6 Å². The summed E-state index contributed by atoms with van der Waals surface area (Å²) in [5.74, 6) is -0.145. The number of carbonyl (C=O) groups excluding carboxylic acids is 1. The number of halogens is 1. The van der Waals surface area contributed by atoms with Crippen molar-refractivity contribution in [2.45, 2.75) is 13.8 Å². The lowest BCUT2D eigenvalue weighted by Gasteiger charge is -2.06. The number of hydrogen-bond donors (Lipinski definition) is 2. The number of aromatic amines is 1. The number of rotatable bonds is 2. The fourth-order valence-electron chi connectivity index (χ4n) is 2.29. The number of benzene rings is 2. The lowest BCUT2D eigenvalue weighted by atomic mass is 10.2. The Morgan fingerprint density at radius 3 is 2.52 bits per heavy atom. The van der Waals surface area contributed by atoms with Crippen molar-refractivity contribution in [2.24, 2.45) is 0 Å². The summed E-state index contributed by atoms with van der Waals surface area (Å²) in [6.07, 6.45) is 0. The Bertz CT molecular complexity index is 836. The molecule has 2 N–H and O–H groups in total. The molecule has 3 nitrogen and oxygen atoms in total. The van der Waals surface area contributed by atoms with Crippen molar-refractivity contribution in [3.05, 3.63) is 63.8 Å². The Morgan fingerprint density at radius 1 is 1.05 bits per heavy atom. The van der Waals surface area contributed by atoms with E-state index in [0.29, 0.717) is 5.69 Å². The van der Waals surface area contributed by atoms with Crippen LogP contribution >= 0.6 is 15.9 Å². The molecule has 0 aliphatic heterocycles. The molecule has 0 saturated heterocycles. The Morgan fingerprint density at radius 2 is 1.76 bits per heavy atom. The average Bonchev–Trinajstić information content (AvgIpc) is 2.85. The van der Waals surface area contributed by atoms with Gasteiger partial charge in [-0.1, -0.05) is 17.7 Å². The van der Waals surface area contributed by atoms with Gasteiger partial charge in [-0.15, -0.1) is 0 Å². The lowest BCUT2D eigenvalue weighted by Crippen LogP contribution is -2.12. The largest absolute Gasteiger partial charge is 0.351 e. The molecule has 3 rings (SSSR count). The second-order valence-electron chi connectivity index (χ2n) is 5.21. The second kappa shape index (κ2) is 5.37. The maximum Gasteiger partial charge on any atom is 0.272 e. The monoisotopic (exact) mass is 342 g/mol. The Hall–Kier alpha value is -2.07. The first kappa shape index (κ1) is 13.9. The number of hydrogen-bond acceptors (Lipinski definition) is 1.